The molecule has 0 atom stereocenters. The van der Waals surface area contributed by atoms with Crippen molar-refractivity contribution in [3.05, 3.63) is 22.8 Å². The van der Waals surface area contributed by atoms with Crippen LogP contribution in [0.15, 0.2) is 12.3 Å². The van der Waals surface area contributed by atoms with E-state index in [0.29, 0.717) is 11.1 Å². The Balaban J connectivity index is 2.11. The van der Waals surface area contributed by atoms with Crippen molar-refractivity contribution in [2.45, 2.75) is 45.3 Å². The van der Waals surface area contributed by atoms with Gasteiger partial charge in [-0.25, -0.2) is 4.98 Å². The number of pyridine rings is 1. The fourth-order valence-corrected chi connectivity index (χ4v) is 2.94. The van der Waals surface area contributed by atoms with E-state index < -0.39 is 0 Å². The van der Waals surface area contributed by atoms with Crippen LogP contribution < -0.4 is 4.90 Å². The second-order valence-corrected chi connectivity index (χ2v) is 5.74. The monoisotopic (exact) mass is 268 g/mol. The topological polar surface area (TPSA) is 36.4 Å². The van der Waals surface area contributed by atoms with Crippen LogP contribution in [0.5, 0.6) is 0 Å². The first-order chi connectivity index (χ1) is 8.61. The number of anilines is 1. The molecule has 1 aliphatic rings. The van der Waals surface area contributed by atoms with Gasteiger partial charge in [-0.1, -0.05) is 18.5 Å². The van der Waals surface area contributed by atoms with Crippen molar-refractivity contribution in [2.75, 3.05) is 11.9 Å². The summed E-state index contributed by atoms with van der Waals surface area (Å²) >= 11 is 6.24. The van der Waals surface area contributed by atoms with Gasteiger partial charge in [0.2, 0.25) is 0 Å². The Bertz CT molecular complexity index is 403. The van der Waals surface area contributed by atoms with Crippen LogP contribution in [0.2, 0.25) is 5.02 Å². The van der Waals surface area contributed by atoms with E-state index in [0.717, 1.165) is 17.3 Å². The van der Waals surface area contributed by atoms with Crippen LogP contribution >= 0.6 is 11.6 Å². The molecule has 1 N–H and O–H groups in total. The number of hydrogen-bond donors (Lipinski definition) is 1. The van der Waals surface area contributed by atoms with E-state index in [4.69, 9.17) is 16.7 Å². The van der Waals surface area contributed by atoms with Crippen molar-refractivity contribution < 1.29 is 5.11 Å². The van der Waals surface area contributed by atoms with Gasteiger partial charge in [0.15, 0.2) is 0 Å². The molecule has 1 heterocycles. The van der Waals surface area contributed by atoms with Gasteiger partial charge in [-0.3, -0.25) is 0 Å². The average Bonchev–Trinajstić information content (AvgIpc) is 2.38. The van der Waals surface area contributed by atoms with Gasteiger partial charge in [0.1, 0.15) is 5.82 Å². The molecular weight excluding hydrogens is 248 g/mol. The van der Waals surface area contributed by atoms with E-state index in [9.17, 15) is 0 Å². The Kier molecular flexibility index (Phi) is 4.46. The highest BCUT2D eigenvalue weighted by molar-refractivity contribution is 6.33. The summed E-state index contributed by atoms with van der Waals surface area (Å²) in [6.07, 6.45) is 6.67. The van der Waals surface area contributed by atoms with Crippen LogP contribution in [0.4, 0.5) is 5.82 Å². The van der Waals surface area contributed by atoms with E-state index in [1.165, 1.54) is 25.7 Å². The summed E-state index contributed by atoms with van der Waals surface area (Å²) in [6, 6.07) is 2.33. The molecule has 1 aromatic heterocycles. The van der Waals surface area contributed by atoms with Gasteiger partial charge in [0.25, 0.3) is 0 Å². The molecule has 0 amide bonds. The molecule has 0 spiro atoms. The fourth-order valence-electron chi connectivity index (χ4n) is 2.62. The second-order valence-electron chi connectivity index (χ2n) is 5.33. The molecule has 0 saturated heterocycles. The van der Waals surface area contributed by atoms with Crippen molar-refractivity contribution in [3.8, 4) is 0 Å². The molecule has 100 valence electrons. The van der Waals surface area contributed by atoms with Gasteiger partial charge in [-0.05, 0) is 43.2 Å². The molecule has 4 heteroatoms. The Labute approximate surface area is 114 Å². The molecule has 18 heavy (non-hydrogen) atoms. The Morgan fingerprint density at radius 1 is 1.39 bits per heavy atom. The summed E-state index contributed by atoms with van der Waals surface area (Å²) in [4.78, 5) is 6.57. The zero-order valence-electron chi connectivity index (χ0n) is 11.1. The Morgan fingerprint density at radius 2 is 2.06 bits per heavy atom. The number of aromatic nitrogens is 1. The first kappa shape index (κ1) is 13.6. The fraction of sp³-hybridized carbons (Fsp3) is 0.643. The van der Waals surface area contributed by atoms with Crippen molar-refractivity contribution in [1.82, 2.24) is 4.98 Å². The minimum atomic E-state index is -0.0162. The third-order valence-corrected chi connectivity index (χ3v) is 4.21. The van der Waals surface area contributed by atoms with Crippen LogP contribution in [0.25, 0.3) is 0 Å². The summed E-state index contributed by atoms with van der Waals surface area (Å²) in [5.74, 6) is 1.67. The summed E-state index contributed by atoms with van der Waals surface area (Å²) in [5, 5.41) is 9.68. The van der Waals surface area contributed by atoms with E-state index in [1.807, 2.05) is 0 Å². The highest BCUT2D eigenvalue weighted by Crippen LogP contribution is 2.31. The molecule has 0 bridgehead atoms. The summed E-state index contributed by atoms with van der Waals surface area (Å²) in [6.45, 7) is 2.30. The first-order valence-corrected chi connectivity index (χ1v) is 6.97. The normalized spacial score (nSPS) is 24.0. The van der Waals surface area contributed by atoms with Gasteiger partial charge >= 0.3 is 0 Å². The van der Waals surface area contributed by atoms with E-state index >= 15 is 0 Å². The largest absolute Gasteiger partial charge is 0.392 e. The molecule has 1 saturated carbocycles. The van der Waals surface area contributed by atoms with E-state index in [-0.39, 0.29) is 6.61 Å². The van der Waals surface area contributed by atoms with Gasteiger partial charge < -0.3 is 10.0 Å². The van der Waals surface area contributed by atoms with Crippen molar-refractivity contribution >= 4 is 17.4 Å². The SMILES string of the molecule is CC1CCC(N(C)c2ncc(CO)cc2Cl)CC1. The van der Waals surface area contributed by atoms with Crippen LogP contribution in [0, 0.1) is 5.92 Å². The van der Waals surface area contributed by atoms with Crippen molar-refractivity contribution in [2.24, 2.45) is 5.92 Å². The lowest BCUT2D eigenvalue weighted by Gasteiger charge is -2.34. The molecule has 3 nitrogen and oxygen atoms in total. The molecule has 0 aliphatic heterocycles. The number of nitrogens with zero attached hydrogens (tertiary/aromatic N) is 2. The van der Waals surface area contributed by atoms with Gasteiger partial charge in [0.05, 0.1) is 11.6 Å². The predicted molar refractivity (Wildman–Crippen MR) is 75.0 cm³/mol. The predicted octanol–water partition coefficient (Wildman–Crippen LogP) is 3.24. The maximum absolute atomic E-state index is 9.06. The minimum absolute atomic E-state index is 0.0162. The van der Waals surface area contributed by atoms with Crippen molar-refractivity contribution in [3.63, 3.8) is 0 Å². The molecule has 1 fully saturated rings. The zero-order valence-corrected chi connectivity index (χ0v) is 11.8. The number of halogens is 1. The highest BCUT2D eigenvalue weighted by Gasteiger charge is 2.23. The molecule has 1 aromatic rings. The smallest absolute Gasteiger partial charge is 0.147 e. The molecule has 0 aromatic carbocycles. The van der Waals surface area contributed by atoms with Gasteiger partial charge in [-0.2, -0.15) is 0 Å². The van der Waals surface area contributed by atoms with Crippen LogP contribution in [-0.2, 0) is 6.61 Å². The second kappa shape index (κ2) is 5.89. The lowest BCUT2D eigenvalue weighted by atomic mass is 9.87. The van der Waals surface area contributed by atoms with E-state index in [2.05, 4.69) is 23.9 Å². The molecule has 1 aliphatic carbocycles. The zero-order chi connectivity index (χ0) is 13.1. The standard InChI is InChI=1S/C14H21ClN2O/c1-10-3-5-12(6-4-10)17(2)14-13(15)7-11(9-18)8-16-14/h7-8,10,12,18H,3-6,9H2,1-2H3. The number of aliphatic hydroxyl groups excluding tert-OH is 1. The number of hydrogen-bond acceptors (Lipinski definition) is 3. The quantitative estimate of drug-likeness (QED) is 0.914. The molecule has 0 unspecified atom stereocenters. The average molecular weight is 269 g/mol. The lowest BCUT2D eigenvalue weighted by molar-refractivity contribution is 0.281. The number of aliphatic hydroxyl groups is 1. The van der Waals surface area contributed by atoms with Crippen molar-refractivity contribution in [1.29, 1.82) is 0 Å². The van der Waals surface area contributed by atoms with Gasteiger partial charge in [0, 0.05) is 19.3 Å². The summed E-state index contributed by atoms with van der Waals surface area (Å²) in [7, 11) is 2.06. The summed E-state index contributed by atoms with van der Waals surface area (Å²) < 4.78 is 0. The van der Waals surface area contributed by atoms with Crippen LogP contribution in [-0.4, -0.2) is 23.2 Å². The van der Waals surface area contributed by atoms with Gasteiger partial charge in [-0.15, -0.1) is 0 Å². The third kappa shape index (κ3) is 2.96. The third-order valence-electron chi connectivity index (χ3n) is 3.93. The minimum Gasteiger partial charge on any atom is -0.392 e. The maximum Gasteiger partial charge on any atom is 0.147 e. The van der Waals surface area contributed by atoms with Crippen LogP contribution in [0.1, 0.15) is 38.2 Å². The van der Waals surface area contributed by atoms with Crippen LogP contribution in [0.3, 0.4) is 0 Å². The first-order valence-electron chi connectivity index (χ1n) is 6.60. The summed E-state index contributed by atoms with van der Waals surface area (Å²) in [5.41, 5.74) is 0.759. The van der Waals surface area contributed by atoms with E-state index in [1.54, 1.807) is 12.3 Å². The Morgan fingerprint density at radius 3 is 2.61 bits per heavy atom. The highest BCUT2D eigenvalue weighted by atomic mass is 35.5. The molecule has 0 radical (unpaired) electrons. The molecular formula is C14H21ClN2O. The lowest BCUT2D eigenvalue weighted by Crippen LogP contribution is -2.35. The molecule has 2 rings (SSSR count). The maximum atomic E-state index is 9.06. The Hall–Kier alpha value is -0.800. The number of rotatable bonds is 3.